The molecule has 1 fully saturated rings. The highest BCUT2D eigenvalue weighted by molar-refractivity contribution is 7.89. The Balaban J connectivity index is 1.39. The van der Waals surface area contributed by atoms with E-state index in [1.165, 1.54) is 25.2 Å². The van der Waals surface area contributed by atoms with E-state index in [-0.39, 0.29) is 23.3 Å². The molecule has 0 aromatic heterocycles. The van der Waals surface area contributed by atoms with Gasteiger partial charge in [0.15, 0.2) is 11.5 Å². The number of carbonyl (C=O) groups excluding carboxylic acids is 1. The third-order valence-corrected chi connectivity index (χ3v) is 7.52. The second-order valence-corrected chi connectivity index (χ2v) is 9.92. The van der Waals surface area contributed by atoms with Gasteiger partial charge in [-0.1, -0.05) is 24.3 Å². The van der Waals surface area contributed by atoms with Crippen LogP contribution in [-0.2, 0) is 20.2 Å². The van der Waals surface area contributed by atoms with Gasteiger partial charge in [0.2, 0.25) is 22.7 Å². The van der Waals surface area contributed by atoms with Crippen LogP contribution in [-0.4, -0.2) is 28.2 Å². The predicted molar refractivity (Wildman–Crippen MR) is 120 cm³/mol. The van der Waals surface area contributed by atoms with E-state index in [1.807, 2.05) is 12.1 Å². The highest BCUT2D eigenvalue weighted by Crippen LogP contribution is 2.51. The fourth-order valence-corrected chi connectivity index (χ4v) is 4.68. The number of amides is 1. The van der Waals surface area contributed by atoms with Crippen LogP contribution in [0.4, 0.5) is 10.1 Å². The molecule has 2 aliphatic rings. The maximum atomic E-state index is 14.6. The van der Waals surface area contributed by atoms with Crippen LogP contribution in [0, 0.1) is 5.82 Å². The number of hydrogen-bond donors (Lipinski definition) is 2. The molecule has 3 aromatic carbocycles. The molecule has 0 unspecified atom stereocenters. The summed E-state index contributed by atoms with van der Waals surface area (Å²) in [6, 6.07) is 16.1. The first-order valence-corrected chi connectivity index (χ1v) is 11.9. The van der Waals surface area contributed by atoms with E-state index in [4.69, 9.17) is 9.47 Å². The normalized spacial score (nSPS) is 15.8. The number of carbonyl (C=O) groups is 1. The standard InChI is InChI=1S/C24H21FN2O5S/c1-26-33(29,30)18-6-2-15(3-7-18)16-4-8-19(25)20(12-16)27-23(28)24(10-11-24)17-5-9-21-22(13-17)32-14-31-21/h2-9,12-13,26H,10-11,14H2,1H3,(H,27,28). The van der Waals surface area contributed by atoms with E-state index in [2.05, 4.69) is 10.0 Å². The van der Waals surface area contributed by atoms with Crippen molar-refractivity contribution in [2.45, 2.75) is 23.2 Å². The quantitative estimate of drug-likeness (QED) is 0.574. The summed E-state index contributed by atoms with van der Waals surface area (Å²) in [5, 5.41) is 2.74. The SMILES string of the molecule is CNS(=O)(=O)c1ccc(-c2ccc(F)c(NC(=O)C3(c4ccc5c(c4)OCO5)CC3)c2)cc1. The largest absolute Gasteiger partial charge is 0.454 e. The van der Waals surface area contributed by atoms with Crippen LogP contribution in [0.25, 0.3) is 11.1 Å². The van der Waals surface area contributed by atoms with Gasteiger partial charge in [0.25, 0.3) is 0 Å². The highest BCUT2D eigenvalue weighted by atomic mass is 32.2. The fourth-order valence-electron chi connectivity index (χ4n) is 3.95. The number of fused-ring (bicyclic) bond motifs is 1. The lowest BCUT2D eigenvalue weighted by molar-refractivity contribution is -0.118. The molecule has 7 nitrogen and oxygen atoms in total. The minimum absolute atomic E-state index is 0.0661. The lowest BCUT2D eigenvalue weighted by Crippen LogP contribution is -2.28. The Bertz CT molecular complexity index is 1350. The summed E-state index contributed by atoms with van der Waals surface area (Å²) in [5.41, 5.74) is 1.48. The minimum Gasteiger partial charge on any atom is -0.454 e. The Morgan fingerprint density at radius 3 is 2.33 bits per heavy atom. The van der Waals surface area contributed by atoms with E-state index < -0.39 is 21.3 Å². The number of halogens is 1. The summed E-state index contributed by atoms with van der Waals surface area (Å²) in [6.07, 6.45) is 1.31. The maximum Gasteiger partial charge on any atom is 0.240 e. The molecule has 3 aromatic rings. The summed E-state index contributed by atoms with van der Waals surface area (Å²) in [7, 11) is -2.21. The molecule has 33 heavy (non-hydrogen) atoms. The number of sulfonamides is 1. The zero-order valence-electron chi connectivity index (χ0n) is 17.7. The van der Waals surface area contributed by atoms with E-state index in [1.54, 1.807) is 30.3 Å². The molecule has 0 radical (unpaired) electrons. The van der Waals surface area contributed by atoms with Gasteiger partial charge in [-0.3, -0.25) is 4.79 Å². The van der Waals surface area contributed by atoms with E-state index in [0.29, 0.717) is 35.5 Å². The summed E-state index contributed by atoms with van der Waals surface area (Å²) >= 11 is 0. The average molecular weight is 469 g/mol. The molecule has 1 aliphatic carbocycles. The second-order valence-electron chi connectivity index (χ2n) is 8.03. The first-order chi connectivity index (χ1) is 15.8. The van der Waals surface area contributed by atoms with Crippen LogP contribution >= 0.6 is 0 Å². The highest BCUT2D eigenvalue weighted by Gasteiger charge is 2.51. The van der Waals surface area contributed by atoms with Gasteiger partial charge in [0.05, 0.1) is 16.0 Å². The monoisotopic (exact) mass is 468 g/mol. The molecule has 1 aliphatic heterocycles. The Morgan fingerprint density at radius 1 is 0.939 bits per heavy atom. The van der Waals surface area contributed by atoms with Gasteiger partial charge in [-0.2, -0.15) is 0 Å². The van der Waals surface area contributed by atoms with Crippen LogP contribution in [0.2, 0.25) is 0 Å². The molecule has 170 valence electrons. The topological polar surface area (TPSA) is 93.7 Å². The average Bonchev–Trinajstić information content (AvgIpc) is 3.51. The molecule has 0 bridgehead atoms. The zero-order valence-corrected chi connectivity index (χ0v) is 18.5. The second kappa shape index (κ2) is 7.86. The van der Waals surface area contributed by atoms with Crippen LogP contribution in [0.15, 0.2) is 65.6 Å². The van der Waals surface area contributed by atoms with Gasteiger partial charge in [0.1, 0.15) is 5.82 Å². The van der Waals surface area contributed by atoms with Gasteiger partial charge in [-0.25, -0.2) is 17.5 Å². The summed E-state index contributed by atoms with van der Waals surface area (Å²) in [4.78, 5) is 13.3. The van der Waals surface area contributed by atoms with E-state index in [9.17, 15) is 17.6 Å². The molecule has 1 amide bonds. The van der Waals surface area contributed by atoms with Crippen molar-refractivity contribution in [3.8, 4) is 22.6 Å². The molecule has 0 spiro atoms. The van der Waals surface area contributed by atoms with Crippen molar-refractivity contribution in [2.24, 2.45) is 0 Å². The van der Waals surface area contributed by atoms with Gasteiger partial charge < -0.3 is 14.8 Å². The Morgan fingerprint density at radius 2 is 1.64 bits per heavy atom. The third-order valence-electron chi connectivity index (χ3n) is 6.09. The number of benzene rings is 3. The third kappa shape index (κ3) is 3.83. The molecule has 5 rings (SSSR count). The first kappa shape index (κ1) is 21.4. The van der Waals surface area contributed by atoms with Gasteiger partial charge in [0, 0.05) is 0 Å². The number of anilines is 1. The zero-order chi connectivity index (χ0) is 23.2. The predicted octanol–water partition coefficient (Wildman–Crippen LogP) is 3.80. The Kier molecular flexibility index (Phi) is 5.10. The Hall–Kier alpha value is -3.43. The van der Waals surface area contributed by atoms with Crippen LogP contribution in [0.1, 0.15) is 18.4 Å². The molecular weight excluding hydrogens is 447 g/mol. The number of rotatable bonds is 6. The van der Waals surface area contributed by atoms with Crippen molar-refractivity contribution >= 4 is 21.6 Å². The molecule has 2 N–H and O–H groups in total. The maximum absolute atomic E-state index is 14.6. The van der Waals surface area contributed by atoms with E-state index in [0.717, 1.165) is 5.56 Å². The molecule has 0 atom stereocenters. The van der Waals surface area contributed by atoms with Crippen molar-refractivity contribution in [1.29, 1.82) is 0 Å². The lowest BCUT2D eigenvalue weighted by Gasteiger charge is -2.17. The number of hydrogen-bond acceptors (Lipinski definition) is 5. The van der Waals surface area contributed by atoms with Crippen molar-refractivity contribution in [1.82, 2.24) is 4.72 Å². The van der Waals surface area contributed by atoms with Gasteiger partial charge >= 0.3 is 0 Å². The van der Waals surface area contributed by atoms with Gasteiger partial charge in [-0.15, -0.1) is 0 Å². The molecule has 1 heterocycles. The van der Waals surface area contributed by atoms with Crippen LogP contribution in [0.5, 0.6) is 11.5 Å². The van der Waals surface area contributed by atoms with Crippen LogP contribution in [0.3, 0.4) is 0 Å². The fraction of sp³-hybridized carbons (Fsp3) is 0.208. The summed E-state index contributed by atoms with van der Waals surface area (Å²) in [5.74, 6) is 0.404. The van der Waals surface area contributed by atoms with Crippen LogP contribution < -0.4 is 19.5 Å². The number of nitrogens with one attached hydrogen (secondary N) is 2. The van der Waals surface area contributed by atoms with Crippen molar-refractivity contribution < 1.29 is 27.1 Å². The Labute approximate surface area is 190 Å². The van der Waals surface area contributed by atoms with Crippen molar-refractivity contribution in [3.63, 3.8) is 0 Å². The molecule has 9 heteroatoms. The molecule has 1 saturated carbocycles. The van der Waals surface area contributed by atoms with E-state index >= 15 is 0 Å². The summed E-state index contributed by atoms with van der Waals surface area (Å²) in [6.45, 7) is 0.151. The smallest absolute Gasteiger partial charge is 0.240 e. The molecular formula is C24H21FN2O5S. The van der Waals surface area contributed by atoms with Crippen molar-refractivity contribution in [3.05, 3.63) is 72.0 Å². The van der Waals surface area contributed by atoms with Gasteiger partial charge in [-0.05, 0) is 73.0 Å². The lowest BCUT2D eigenvalue weighted by atomic mass is 9.94. The number of ether oxygens (including phenoxy) is 2. The molecule has 0 saturated heterocycles. The van der Waals surface area contributed by atoms with Crippen molar-refractivity contribution in [2.75, 3.05) is 19.2 Å². The first-order valence-electron chi connectivity index (χ1n) is 10.4. The summed E-state index contributed by atoms with van der Waals surface area (Å²) < 4.78 is 51.4. The minimum atomic E-state index is -3.55.